The number of alkyl halides is 3. The van der Waals surface area contributed by atoms with Crippen LogP contribution in [0.2, 0.25) is 0 Å². The van der Waals surface area contributed by atoms with Crippen LogP contribution in [0.15, 0.2) is 18.2 Å². The van der Waals surface area contributed by atoms with Crippen molar-refractivity contribution in [3.8, 4) is 11.5 Å². The van der Waals surface area contributed by atoms with E-state index < -0.39 is 12.2 Å². The van der Waals surface area contributed by atoms with Crippen LogP contribution in [-0.4, -0.2) is 50.5 Å². The maximum atomic E-state index is 13.6. The number of hydrogen-bond acceptors (Lipinski definition) is 4. The summed E-state index contributed by atoms with van der Waals surface area (Å²) in [5.74, 6) is 0.618. The van der Waals surface area contributed by atoms with E-state index in [1.807, 2.05) is 0 Å². The van der Waals surface area contributed by atoms with Crippen LogP contribution in [0, 0.1) is 0 Å². The van der Waals surface area contributed by atoms with Crippen molar-refractivity contribution in [1.82, 2.24) is 10.2 Å². The average Bonchev–Trinajstić information content (AvgIpc) is 2.47. The minimum atomic E-state index is -4.35. The van der Waals surface area contributed by atoms with E-state index in [1.54, 1.807) is 12.1 Å². The molecule has 0 radical (unpaired) electrons. The zero-order chi connectivity index (χ0) is 14.9. The number of para-hydroxylation sites is 1. The summed E-state index contributed by atoms with van der Waals surface area (Å²) < 4.78 is 51.7. The second-order valence-electron chi connectivity index (χ2n) is 5.10. The van der Waals surface area contributed by atoms with Crippen molar-refractivity contribution >= 4 is 0 Å². The quantitative estimate of drug-likeness (QED) is 0.905. The number of hydrogen-bond donors (Lipinski definition) is 1. The Morgan fingerprint density at radius 2 is 1.81 bits per heavy atom. The highest BCUT2D eigenvalue weighted by Crippen LogP contribution is 2.45. The predicted octanol–water partition coefficient (Wildman–Crippen LogP) is 1.97. The molecule has 2 aliphatic rings. The first kappa shape index (κ1) is 14.5. The standard InChI is InChI=1S/C14H17F3N2O2/c15-14(16,17)13(19-6-4-18-5-7-19)10-2-1-3-11-12(10)21-9-8-20-11/h1-3,13,18H,4-9H2/t13-/m1/s1. The molecular formula is C14H17F3N2O2. The van der Waals surface area contributed by atoms with Crippen LogP contribution in [0.25, 0.3) is 0 Å². The van der Waals surface area contributed by atoms with Crippen LogP contribution in [0.3, 0.4) is 0 Å². The lowest BCUT2D eigenvalue weighted by Gasteiger charge is -2.37. The maximum Gasteiger partial charge on any atom is 0.408 e. The Bertz CT molecular complexity index is 501. The fraction of sp³-hybridized carbons (Fsp3) is 0.571. The van der Waals surface area contributed by atoms with Crippen LogP contribution in [0.4, 0.5) is 13.2 Å². The van der Waals surface area contributed by atoms with Crippen molar-refractivity contribution in [2.75, 3.05) is 39.4 Å². The molecule has 1 aromatic carbocycles. The van der Waals surface area contributed by atoms with E-state index in [0.717, 1.165) is 0 Å². The first-order valence-electron chi connectivity index (χ1n) is 6.97. The molecule has 1 fully saturated rings. The minimum absolute atomic E-state index is 0.140. The number of benzene rings is 1. The van der Waals surface area contributed by atoms with Gasteiger partial charge >= 0.3 is 6.18 Å². The van der Waals surface area contributed by atoms with Gasteiger partial charge in [0.15, 0.2) is 11.5 Å². The van der Waals surface area contributed by atoms with E-state index in [1.165, 1.54) is 11.0 Å². The molecule has 0 spiro atoms. The second kappa shape index (κ2) is 5.73. The predicted molar refractivity (Wildman–Crippen MR) is 70.7 cm³/mol. The van der Waals surface area contributed by atoms with E-state index >= 15 is 0 Å². The van der Waals surface area contributed by atoms with Gasteiger partial charge in [0.1, 0.15) is 19.3 Å². The maximum absolute atomic E-state index is 13.6. The van der Waals surface area contributed by atoms with Crippen molar-refractivity contribution in [3.63, 3.8) is 0 Å². The van der Waals surface area contributed by atoms with Gasteiger partial charge in [-0.1, -0.05) is 12.1 Å². The minimum Gasteiger partial charge on any atom is -0.486 e. The molecular weight excluding hydrogens is 285 g/mol. The number of rotatable bonds is 2. The number of fused-ring (bicyclic) bond motifs is 1. The molecule has 0 unspecified atom stereocenters. The van der Waals surface area contributed by atoms with Crippen molar-refractivity contribution in [1.29, 1.82) is 0 Å². The number of nitrogens with one attached hydrogen (secondary N) is 1. The Hall–Kier alpha value is -1.47. The van der Waals surface area contributed by atoms with E-state index in [9.17, 15) is 13.2 Å². The van der Waals surface area contributed by atoms with Crippen LogP contribution in [0.5, 0.6) is 11.5 Å². The highest BCUT2D eigenvalue weighted by Gasteiger charge is 2.46. The number of ether oxygens (including phenoxy) is 2. The summed E-state index contributed by atoms with van der Waals surface area (Å²) in [7, 11) is 0. The fourth-order valence-corrected chi connectivity index (χ4v) is 2.83. The zero-order valence-electron chi connectivity index (χ0n) is 11.4. The molecule has 2 aliphatic heterocycles. The molecule has 21 heavy (non-hydrogen) atoms. The largest absolute Gasteiger partial charge is 0.486 e. The van der Waals surface area contributed by atoms with E-state index in [4.69, 9.17) is 9.47 Å². The Balaban J connectivity index is 2.00. The molecule has 1 aromatic rings. The van der Waals surface area contributed by atoms with Gasteiger partial charge in [0.05, 0.1) is 0 Å². The smallest absolute Gasteiger partial charge is 0.408 e. The topological polar surface area (TPSA) is 33.7 Å². The van der Waals surface area contributed by atoms with Gasteiger partial charge in [0.25, 0.3) is 0 Å². The third kappa shape index (κ3) is 2.94. The first-order chi connectivity index (χ1) is 10.1. The molecule has 3 rings (SSSR count). The van der Waals surface area contributed by atoms with Gasteiger partial charge in [-0.15, -0.1) is 0 Å². The molecule has 116 valence electrons. The summed E-state index contributed by atoms with van der Waals surface area (Å²) in [6, 6.07) is 3.05. The highest BCUT2D eigenvalue weighted by molar-refractivity contribution is 5.49. The van der Waals surface area contributed by atoms with Gasteiger partial charge in [-0.2, -0.15) is 13.2 Å². The lowest BCUT2D eigenvalue weighted by molar-refractivity contribution is -0.188. The van der Waals surface area contributed by atoms with E-state index in [2.05, 4.69) is 5.32 Å². The van der Waals surface area contributed by atoms with E-state index in [-0.39, 0.29) is 17.9 Å². The van der Waals surface area contributed by atoms with Gasteiger partial charge in [0, 0.05) is 31.7 Å². The van der Waals surface area contributed by atoms with Gasteiger partial charge in [-0.3, -0.25) is 4.90 Å². The summed E-state index contributed by atoms with van der Waals surface area (Å²) in [5.41, 5.74) is 0.140. The van der Waals surface area contributed by atoms with E-state index in [0.29, 0.717) is 38.5 Å². The second-order valence-corrected chi connectivity index (χ2v) is 5.10. The summed E-state index contributed by atoms with van der Waals surface area (Å²) in [4.78, 5) is 1.45. The number of halogens is 3. The van der Waals surface area contributed by atoms with Gasteiger partial charge < -0.3 is 14.8 Å². The van der Waals surface area contributed by atoms with Crippen molar-refractivity contribution in [2.45, 2.75) is 12.2 Å². The Labute approximate surface area is 120 Å². The van der Waals surface area contributed by atoms with Crippen LogP contribution < -0.4 is 14.8 Å². The third-order valence-corrected chi connectivity index (χ3v) is 3.72. The van der Waals surface area contributed by atoms with Gasteiger partial charge in [-0.05, 0) is 6.07 Å². The lowest BCUT2D eigenvalue weighted by atomic mass is 10.0. The van der Waals surface area contributed by atoms with Crippen molar-refractivity contribution in [2.24, 2.45) is 0 Å². The van der Waals surface area contributed by atoms with Gasteiger partial charge in [-0.25, -0.2) is 0 Å². The molecule has 0 aromatic heterocycles. The highest BCUT2D eigenvalue weighted by atomic mass is 19.4. The summed E-state index contributed by atoms with van der Waals surface area (Å²) in [5, 5.41) is 3.07. The molecule has 2 heterocycles. The first-order valence-corrected chi connectivity index (χ1v) is 6.97. The van der Waals surface area contributed by atoms with Crippen LogP contribution in [0.1, 0.15) is 11.6 Å². The molecule has 0 bridgehead atoms. The molecule has 1 atom stereocenters. The normalized spacial score (nSPS) is 21.1. The molecule has 0 saturated carbocycles. The monoisotopic (exact) mass is 302 g/mol. The Morgan fingerprint density at radius 3 is 2.52 bits per heavy atom. The molecule has 7 heteroatoms. The molecule has 1 N–H and O–H groups in total. The average molecular weight is 302 g/mol. The fourth-order valence-electron chi connectivity index (χ4n) is 2.83. The van der Waals surface area contributed by atoms with Crippen LogP contribution >= 0.6 is 0 Å². The summed E-state index contributed by atoms with van der Waals surface area (Å²) in [6.07, 6.45) is -4.35. The molecule has 0 aliphatic carbocycles. The summed E-state index contributed by atoms with van der Waals surface area (Å²) >= 11 is 0. The Kier molecular flexibility index (Phi) is 3.95. The zero-order valence-corrected chi connectivity index (χ0v) is 11.4. The van der Waals surface area contributed by atoms with Crippen molar-refractivity contribution in [3.05, 3.63) is 23.8 Å². The molecule has 0 amide bonds. The van der Waals surface area contributed by atoms with Gasteiger partial charge in [0.2, 0.25) is 0 Å². The number of piperazine rings is 1. The molecule has 4 nitrogen and oxygen atoms in total. The SMILES string of the molecule is FC(F)(F)[C@@H](c1cccc2c1OCCO2)N1CCNCC1. The number of nitrogens with zero attached hydrogens (tertiary/aromatic N) is 1. The van der Waals surface area contributed by atoms with Crippen LogP contribution in [-0.2, 0) is 0 Å². The summed E-state index contributed by atoms with van der Waals surface area (Å²) in [6.45, 7) is 2.46. The Morgan fingerprint density at radius 1 is 1.10 bits per heavy atom. The third-order valence-electron chi connectivity index (χ3n) is 3.72. The molecule has 1 saturated heterocycles. The van der Waals surface area contributed by atoms with Crippen molar-refractivity contribution < 1.29 is 22.6 Å². The lowest BCUT2D eigenvalue weighted by Crippen LogP contribution is -2.49.